The van der Waals surface area contributed by atoms with Crippen molar-refractivity contribution in [2.24, 2.45) is 0 Å². The molecule has 0 aromatic carbocycles. The van der Waals surface area contributed by atoms with Crippen molar-refractivity contribution in [3.05, 3.63) is 0 Å². The summed E-state index contributed by atoms with van der Waals surface area (Å²) in [6, 6.07) is 0. The molecule has 8 heteroatoms. The Bertz CT molecular complexity index is 269. The number of carbonyl (C=O) groups is 1. The maximum Gasteiger partial charge on any atom is 0.364 e. The highest BCUT2D eigenvalue weighted by atomic mass is 16.7. The van der Waals surface area contributed by atoms with Gasteiger partial charge in [-0.25, -0.2) is 4.79 Å². The van der Waals surface area contributed by atoms with Crippen molar-refractivity contribution in [1.82, 2.24) is 0 Å². The highest BCUT2D eigenvalue weighted by Crippen LogP contribution is 2.31. The van der Waals surface area contributed by atoms with Crippen LogP contribution in [0.5, 0.6) is 0 Å². The van der Waals surface area contributed by atoms with Crippen LogP contribution in [0.15, 0.2) is 0 Å². The fourth-order valence-electron chi connectivity index (χ4n) is 1.51. The molecule has 6 N–H and O–H groups in total. The summed E-state index contributed by atoms with van der Waals surface area (Å²) in [5, 5.41) is 54.4. The van der Waals surface area contributed by atoms with Crippen LogP contribution in [0, 0.1) is 0 Å². The lowest BCUT2D eigenvalue weighted by Gasteiger charge is -2.24. The first kappa shape index (κ1) is 13.3. The lowest BCUT2D eigenvalue weighted by molar-refractivity contribution is -0.230. The Hall–Kier alpha value is -0.770. The summed E-state index contributed by atoms with van der Waals surface area (Å²) < 4.78 is 4.59. The summed E-state index contributed by atoms with van der Waals surface area (Å²) in [6.45, 7) is -0.779. The number of hydrogen-bond acceptors (Lipinski definition) is 7. The van der Waals surface area contributed by atoms with Crippen molar-refractivity contribution in [2.75, 3.05) is 6.61 Å². The summed E-state index contributed by atoms with van der Waals surface area (Å²) in [6.07, 6.45) is -6.81. The fourth-order valence-corrected chi connectivity index (χ4v) is 1.51. The standard InChI is InChI=1S/C8H14O8/c9-2-4(11)5(12)6-3(10)1-8(15,16-6)7(13)14/h3-6,9-12,15H,1-2H2,(H,13,14)/t3-,4-,5-,6-,8-/m1/s1. The van der Waals surface area contributed by atoms with Crippen LogP contribution in [0.4, 0.5) is 0 Å². The Balaban J connectivity index is 2.75. The second-order valence-electron chi connectivity index (χ2n) is 3.68. The van der Waals surface area contributed by atoms with Gasteiger partial charge in [0.1, 0.15) is 18.3 Å². The van der Waals surface area contributed by atoms with Crippen LogP contribution < -0.4 is 0 Å². The molecule has 0 aliphatic carbocycles. The molecule has 1 heterocycles. The van der Waals surface area contributed by atoms with Crippen LogP contribution in [-0.2, 0) is 9.53 Å². The minimum absolute atomic E-state index is 0.623. The molecule has 0 spiro atoms. The van der Waals surface area contributed by atoms with Gasteiger partial charge in [-0.2, -0.15) is 0 Å². The average molecular weight is 238 g/mol. The molecule has 16 heavy (non-hydrogen) atoms. The zero-order chi connectivity index (χ0) is 12.5. The van der Waals surface area contributed by atoms with Crippen molar-refractivity contribution in [1.29, 1.82) is 0 Å². The van der Waals surface area contributed by atoms with E-state index in [1.165, 1.54) is 0 Å². The van der Waals surface area contributed by atoms with E-state index in [0.717, 1.165) is 0 Å². The minimum Gasteiger partial charge on any atom is -0.477 e. The number of rotatable bonds is 4. The number of carboxylic acid groups (broad SMARTS) is 1. The molecule has 0 radical (unpaired) electrons. The first-order valence-corrected chi connectivity index (χ1v) is 4.60. The zero-order valence-electron chi connectivity index (χ0n) is 8.22. The number of hydrogen-bond donors (Lipinski definition) is 6. The molecule has 0 unspecified atom stereocenters. The Morgan fingerprint density at radius 1 is 1.50 bits per heavy atom. The molecule has 1 aliphatic rings. The van der Waals surface area contributed by atoms with Gasteiger partial charge < -0.3 is 35.4 Å². The fraction of sp³-hybridized carbons (Fsp3) is 0.875. The van der Waals surface area contributed by atoms with Crippen LogP contribution in [-0.4, -0.2) is 73.4 Å². The number of aliphatic hydroxyl groups excluding tert-OH is 4. The monoisotopic (exact) mass is 238 g/mol. The molecular weight excluding hydrogens is 224 g/mol. The molecule has 0 aromatic heterocycles. The normalized spacial score (nSPS) is 38.3. The largest absolute Gasteiger partial charge is 0.477 e. The molecule has 5 atom stereocenters. The first-order valence-electron chi connectivity index (χ1n) is 4.60. The van der Waals surface area contributed by atoms with Gasteiger partial charge in [-0.05, 0) is 0 Å². The van der Waals surface area contributed by atoms with E-state index in [1.807, 2.05) is 0 Å². The molecule has 0 bridgehead atoms. The van der Waals surface area contributed by atoms with Crippen LogP contribution in [0.2, 0.25) is 0 Å². The van der Waals surface area contributed by atoms with E-state index in [9.17, 15) is 20.1 Å². The van der Waals surface area contributed by atoms with E-state index in [-0.39, 0.29) is 0 Å². The number of aliphatic carboxylic acids is 1. The zero-order valence-corrected chi connectivity index (χ0v) is 8.22. The summed E-state index contributed by atoms with van der Waals surface area (Å²) in [4.78, 5) is 10.6. The van der Waals surface area contributed by atoms with Gasteiger partial charge >= 0.3 is 5.97 Å². The van der Waals surface area contributed by atoms with Gasteiger partial charge in [-0.3, -0.25) is 0 Å². The summed E-state index contributed by atoms with van der Waals surface area (Å²) >= 11 is 0. The third-order valence-electron chi connectivity index (χ3n) is 2.45. The van der Waals surface area contributed by atoms with Crippen molar-refractivity contribution in [3.8, 4) is 0 Å². The van der Waals surface area contributed by atoms with Crippen molar-refractivity contribution < 1.29 is 40.2 Å². The quantitative estimate of drug-likeness (QED) is 0.297. The molecule has 1 fully saturated rings. The Kier molecular flexibility index (Phi) is 3.84. The average Bonchev–Trinajstić information content (AvgIpc) is 2.53. The second kappa shape index (κ2) is 4.62. The summed E-state index contributed by atoms with van der Waals surface area (Å²) in [5.41, 5.74) is 0. The van der Waals surface area contributed by atoms with Crippen LogP contribution in [0.3, 0.4) is 0 Å². The van der Waals surface area contributed by atoms with E-state index in [1.54, 1.807) is 0 Å². The van der Waals surface area contributed by atoms with Gasteiger partial charge in [-0.15, -0.1) is 0 Å². The van der Waals surface area contributed by atoms with Gasteiger partial charge in [0.2, 0.25) is 0 Å². The van der Waals surface area contributed by atoms with E-state index in [2.05, 4.69) is 4.74 Å². The maximum absolute atomic E-state index is 10.6. The van der Waals surface area contributed by atoms with Crippen molar-refractivity contribution in [3.63, 3.8) is 0 Å². The van der Waals surface area contributed by atoms with E-state index in [4.69, 9.17) is 15.3 Å². The topological polar surface area (TPSA) is 148 Å². The van der Waals surface area contributed by atoms with Crippen LogP contribution >= 0.6 is 0 Å². The molecule has 0 amide bonds. The van der Waals surface area contributed by atoms with Crippen molar-refractivity contribution in [2.45, 2.75) is 36.6 Å². The predicted molar refractivity (Wildman–Crippen MR) is 47.2 cm³/mol. The molecule has 1 aliphatic heterocycles. The van der Waals surface area contributed by atoms with E-state index < -0.39 is 49.2 Å². The second-order valence-corrected chi connectivity index (χ2v) is 3.68. The predicted octanol–water partition coefficient (Wildman–Crippen LogP) is -3.38. The highest BCUT2D eigenvalue weighted by molar-refractivity contribution is 5.75. The SMILES string of the molecule is O=C(O)[C@@]1(O)C[C@@H](O)[C@H]([C@H](O)[C@H](O)CO)O1. The first-order chi connectivity index (χ1) is 7.31. The molecule has 1 saturated heterocycles. The lowest BCUT2D eigenvalue weighted by Crippen LogP contribution is -2.46. The maximum atomic E-state index is 10.6. The number of ether oxygens (including phenoxy) is 1. The third kappa shape index (κ3) is 2.32. The van der Waals surface area contributed by atoms with Gasteiger partial charge in [0.15, 0.2) is 0 Å². The lowest BCUT2D eigenvalue weighted by atomic mass is 10.0. The number of carboxylic acids is 1. The molecule has 1 rings (SSSR count). The molecule has 94 valence electrons. The smallest absolute Gasteiger partial charge is 0.364 e. The van der Waals surface area contributed by atoms with Crippen LogP contribution in [0.25, 0.3) is 0 Å². The molecule has 0 aromatic rings. The van der Waals surface area contributed by atoms with Gasteiger partial charge in [0, 0.05) is 6.42 Å². The van der Waals surface area contributed by atoms with Gasteiger partial charge in [0.05, 0.1) is 12.7 Å². The van der Waals surface area contributed by atoms with E-state index in [0.29, 0.717) is 0 Å². The third-order valence-corrected chi connectivity index (χ3v) is 2.45. The van der Waals surface area contributed by atoms with Crippen LogP contribution in [0.1, 0.15) is 6.42 Å². The molecular formula is C8H14O8. The molecule has 8 nitrogen and oxygen atoms in total. The number of aliphatic hydroxyl groups is 5. The Labute approximate surface area is 90.3 Å². The summed E-state index contributed by atoms with van der Waals surface area (Å²) in [5.74, 6) is -4.28. The summed E-state index contributed by atoms with van der Waals surface area (Å²) in [7, 11) is 0. The highest BCUT2D eigenvalue weighted by Gasteiger charge is 2.53. The Morgan fingerprint density at radius 3 is 2.44 bits per heavy atom. The van der Waals surface area contributed by atoms with Gasteiger partial charge in [0.25, 0.3) is 5.79 Å². The minimum atomic E-state index is -2.58. The van der Waals surface area contributed by atoms with Crippen molar-refractivity contribution >= 4 is 5.97 Å². The van der Waals surface area contributed by atoms with Gasteiger partial charge in [-0.1, -0.05) is 0 Å². The van der Waals surface area contributed by atoms with E-state index >= 15 is 0 Å². The Morgan fingerprint density at radius 2 is 2.06 bits per heavy atom. The molecule has 0 saturated carbocycles.